The van der Waals surface area contributed by atoms with Gasteiger partial charge in [0.15, 0.2) is 15.8 Å². The molecule has 0 radical (unpaired) electrons. The minimum atomic E-state index is -3.65. The molecule has 0 spiro atoms. The first-order valence-electron chi connectivity index (χ1n) is 7.50. The van der Waals surface area contributed by atoms with E-state index in [-0.39, 0.29) is 41.2 Å². The molecule has 0 aliphatic rings. The van der Waals surface area contributed by atoms with Gasteiger partial charge < -0.3 is 10.6 Å². The predicted molar refractivity (Wildman–Crippen MR) is 103 cm³/mol. The van der Waals surface area contributed by atoms with E-state index in [1.54, 1.807) is 0 Å². The molecule has 0 heterocycles. The summed E-state index contributed by atoms with van der Waals surface area (Å²) in [6.45, 7) is 5.57. The van der Waals surface area contributed by atoms with Crippen LogP contribution >= 0.6 is 24.0 Å². The lowest BCUT2D eigenvalue weighted by Crippen LogP contribution is -2.39. The number of hydrogen-bond acceptors (Lipinski definition) is 3. The van der Waals surface area contributed by atoms with E-state index in [2.05, 4.69) is 22.5 Å². The lowest BCUT2D eigenvalue weighted by Gasteiger charge is -2.11. The molecule has 0 bridgehead atoms. The van der Waals surface area contributed by atoms with Gasteiger partial charge in [0, 0.05) is 19.6 Å². The van der Waals surface area contributed by atoms with Gasteiger partial charge in [0.1, 0.15) is 10.7 Å². The summed E-state index contributed by atoms with van der Waals surface area (Å²) < 4.78 is 37.8. The normalized spacial score (nSPS) is 11.7. The zero-order chi connectivity index (χ0) is 16.4. The number of sulfone groups is 1. The molecule has 5 nitrogen and oxygen atoms in total. The second-order valence-electron chi connectivity index (χ2n) is 4.79. The number of benzene rings is 1. The van der Waals surface area contributed by atoms with E-state index in [0.29, 0.717) is 19.0 Å². The van der Waals surface area contributed by atoms with E-state index in [1.165, 1.54) is 18.2 Å². The van der Waals surface area contributed by atoms with Crippen molar-refractivity contribution in [2.75, 3.05) is 25.4 Å². The molecule has 0 fully saturated rings. The van der Waals surface area contributed by atoms with Crippen LogP contribution in [0.3, 0.4) is 0 Å². The third kappa shape index (κ3) is 7.96. The lowest BCUT2D eigenvalue weighted by molar-refractivity contribution is 0.566. The summed E-state index contributed by atoms with van der Waals surface area (Å²) in [6.07, 6.45) is 2.02. The largest absolute Gasteiger partial charge is 0.357 e. The maximum Gasteiger partial charge on any atom is 0.191 e. The Bertz CT molecular complexity index is 594. The number of nitrogens with zero attached hydrogens (tertiary/aromatic N) is 1. The summed E-state index contributed by atoms with van der Waals surface area (Å²) in [4.78, 5) is 4.08. The number of aliphatic imine (C=N–C) groups is 1. The van der Waals surface area contributed by atoms with Crippen molar-refractivity contribution in [1.82, 2.24) is 10.6 Å². The fraction of sp³-hybridized carbons (Fsp3) is 0.533. The van der Waals surface area contributed by atoms with Gasteiger partial charge in [0.25, 0.3) is 0 Å². The predicted octanol–water partition coefficient (Wildman–Crippen LogP) is 2.57. The zero-order valence-electron chi connectivity index (χ0n) is 13.5. The van der Waals surface area contributed by atoms with Gasteiger partial charge in [-0.3, -0.25) is 4.99 Å². The molecule has 0 saturated carbocycles. The first kappa shape index (κ1) is 22.1. The number of guanidine groups is 1. The minimum Gasteiger partial charge on any atom is -0.357 e. The van der Waals surface area contributed by atoms with E-state index in [1.807, 2.05) is 6.92 Å². The van der Waals surface area contributed by atoms with Crippen LogP contribution in [-0.2, 0) is 9.84 Å². The number of nitrogens with one attached hydrogen (secondary N) is 2. The second-order valence-corrected chi connectivity index (χ2v) is 6.87. The van der Waals surface area contributed by atoms with Gasteiger partial charge in [-0.25, -0.2) is 12.8 Å². The van der Waals surface area contributed by atoms with E-state index in [9.17, 15) is 12.8 Å². The summed E-state index contributed by atoms with van der Waals surface area (Å²) >= 11 is 0. The highest BCUT2D eigenvalue weighted by Crippen LogP contribution is 2.14. The lowest BCUT2D eigenvalue weighted by atomic mass is 10.3. The highest BCUT2D eigenvalue weighted by atomic mass is 127. The Morgan fingerprint density at radius 1 is 1.22 bits per heavy atom. The molecule has 8 heteroatoms. The zero-order valence-corrected chi connectivity index (χ0v) is 16.7. The van der Waals surface area contributed by atoms with Crippen LogP contribution < -0.4 is 10.6 Å². The standard InChI is InChI=1S/C15H24FN3O2S.HI/c1-3-5-10-18-15(17-4-2)19-11-12-22(20,21)14-9-7-6-8-13(14)16;/h6-9H,3-5,10-12H2,1-2H3,(H2,17,18,19);1H. The number of halogens is 2. The third-order valence-electron chi connectivity index (χ3n) is 2.96. The molecule has 0 saturated heterocycles. The van der Waals surface area contributed by atoms with Crippen molar-refractivity contribution in [2.45, 2.75) is 31.6 Å². The highest BCUT2D eigenvalue weighted by molar-refractivity contribution is 14.0. The Morgan fingerprint density at radius 3 is 2.52 bits per heavy atom. The molecular formula is C15H25FIN3O2S. The van der Waals surface area contributed by atoms with Crippen LogP contribution in [0.2, 0.25) is 0 Å². The molecule has 1 aromatic carbocycles. The van der Waals surface area contributed by atoms with Crippen molar-refractivity contribution < 1.29 is 12.8 Å². The molecule has 2 N–H and O–H groups in total. The van der Waals surface area contributed by atoms with Crippen molar-refractivity contribution in [3.8, 4) is 0 Å². The maximum atomic E-state index is 13.6. The van der Waals surface area contributed by atoms with Crippen LogP contribution in [-0.4, -0.2) is 39.8 Å². The molecule has 1 rings (SSSR count). The van der Waals surface area contributed by atoms with Crippen molar-refractivity contribution >= 4 is 39.8 Å². The van der Waals surface area contributed by atoms with Crippen molar-refractivity contribution in [3.63, 3.8) is 0 Å². The Labute approximate surface area is 155 Å². The molecule has 0 atom stereocenters. The first-order valence-corrected chi connectivity index (χ1v) is 9.16. The van der Waals surface area contributed by atoms with Gasteiger partial charge in [-0.15, -0.1) is 24.0 Å². The topological polar surface area (TPSA) is 70.6 Å². The Kier molecular flexibility index (Phi) is 11.2. The monoisotopic (exact) mass is 457 g/mol. The van der Waals surface area contributed by atoms with Gasteiger partial charge in [-0.1, -0.05) is 25.5 Å². The third-order valence-corrected chi connectivity index (χ3v) is 4.70. The SMILES string of the molecule is CCCCN=C(NCC)NCCS(=O)(=O)c1ccccc1F.I. The smallest absolute Gasteiger partial charge is 0.191 e. The summed E-state index contributed by atoms with van der Waals surface area (Å²) in [5, 5.41) is 6.01. The molecule has 1 aromatic rings. The summed E-state index contributed by atoms with van der Waals surface area (Å²) in [6, 6.07) is 5.41. The molecule has 0 aromatic heterocycles. The summed E-state index contributed by atoms with van der Waals surface area (Å²) in [7, 11) is -3.65. The maximum absolute atomic E-state index is 13.6. The van der Waals surface area contributed by atoms with Crippen molar-refractivity contribution in [1.29, 1.82) is 0 Å². The van der Waals surface area contributed by atoms with Crippen LogP contribution in [0.25, 0.3) is 0 Å². The van der Waals surface area contributed by atoms with Crippen molar-refractivity contribution in [3.05, 3.63) is 30.1 Å². The molecule has 132 valence electrons. The van der Waals surface area contributed by atoms with Crippen LogP contribution in [0.1, 0.15) is 26.7 Å². The van der Waals surface area contributed by atoms with Gasteiger partial charge in [0.2, 0.25) is 0 Å². The number of hydrogen-bond donors (Lipinski definition) is 2. The highest BCUT2D eigenvalue weighted by Gasteiger charge is 2.18. The van der Waals surface area contributed by atoms with Gasteiger partial charge in [-0.2, -0.15) is 0 Å². The fourth-order valence-corrected chi connectivity index (χ4v) is 3.04. The second kappa shape index (κ2) is 11.6. The Morgan fingerprint density at radius 2 is 1.91 bits per heavy atom. The average molecular weight is 457 g/mol. The molecule has 0 amide bonds. The number of unbranched alkanes of at least 4 members (excludes halogenated alkanes) is 1. The van der Waals surface area contributed by atoms with Crippen LogP contribution in [0.15, 0.2) is 34.2 Å². The molecular weight excluding hydrogens is 432 g/mol. The van der Waals surface area contributed by atoms with E-state index in [0.717, 1.165) is 18.9 Å². The minimum absolute atomic E-state index is 0. The molecule has 0 unspecified atom stereocenters. The average Bonchev–Trinajstić information content (AvgIpc) is 2.47. The van der Waals surface area contributed by atoms with Gasteiger partial charge in [-0.05, 0) is 25.5 Å². The first-order chi connectivity index (χ1) is 10.5. The van der Waals surface area contributed by atoms with Gasteiger partial charge in [0.05, 0.1) is 5.75 Å². The Balaban J connectivity index is 0.00000484. The van der Waals surface area contributed by atoms with E-state index < -0.39 is 15.7 Å². The molecule has 23 heavy (non-hydrogen) atoms. The van der Waals surface area contributed by atoms with E-state index in [4.69, 9.17) is 0 Å². The number of rotatable bonds is 8. The summed E-state index contributed by atoms with van der Waals surface area (Å²) in [5.41, 5.74) is 0. The van der Waals surface area contributed by atoms with Crippen molar-refractivity contribution in [2.24, 2.45) is 4.99 Å². The van der Waals surface area contributed by atoms with Crippen LogP contribution in [0.4, 0.5) is 4.39 Å². The van der Waals surface area contributed by atoms with Gasteiger partial charge >= 0.3 is 0 Å². The summed E-state index contributed by atoms with van der Waals surface area (Å²) in [5.74, 6) is -0.322. The Hall–Kier alpha value is -0.900. The molecule has 0 aliphatic heterocycles. The molecule has 0 aliphatic carbocycles. The van der Waals surface area contributed by atoms with E-state index >= 15 is 0 Å². The fourth-order valence-electron chi connectivity index (χ4n) is 1.80. The van der Waals surface area contributed by atoms with Crippen LogP contribution in [0, 0.1) is 5.82 Å². The quantitative estimate of drug-likeness (QED) is 0.273. The van der Waals surface area contributed by atoms with Crippen LogP contribution in [0.5, 0.6) is 0 Å².